The minimum atomic E-state index is -0.440. The van der Waals surface area contributed by atoms with Gasteiger partial charge in [-0.1, -0.05) is 0 Å². The van der Waals surface area contributed by atoms with Gasteiger partial charge in [-0.25, -0.2) is 0 Å². The number of hydrogen-bond donors (Lipinski definition) is 2. The van der Waals surface area contributed by atoms with E-state index in [0.717, 1.165) is 38.5 Å². The van der Waals surface area contributed by atoms with E-state index in [-0.39, 0.29) is 5.97 Å². The molecule has 19 heavy (non-hydrogen) atoms. The average Bonchev–Trinajstić information content (AvgIpc) is 2.35. The van der Waals surface area contributed by atoms with Crippen LogP contribution in [-0.2, 0) is 9.53 Å². The summed E-state index contributed by atoms with van der Waals surface area (Å²) in [5, 5.41) is 18.6. The third kappa shape index (κ3) is 13.2. The van der Waals surface area contributed by atoms with Crippen LogP contribution in [0.25, 0.3) is 0 Å². The molecule has 0 aliphatic heterocycles. The Labute approximate surface area is 116 Å². The van der Waals surface area contributed by atoms with Gasteiger partial charge in [0.15, 0.2) is 0 Å². The SMILES string of the molecule is COC(=O)CCCC#CCCCCC(O)CC(C)O. The zero-order valence-corrected chi connectivity index (χ0v) is 12.0. The van der Waals surface area contributed by atoms with Gasteiger partial charge in [-0.15, -0.1) is 11.8 Å². The van der Waals surface area contributed by atoms with Gasteiger partial charge in [0.25, 0.3) is 0 Å². The highest BCUT2D eigenvalue weighted by molar-refractivity contribution is 5.69. The molecule has 0 aliphatic rings. The topological polar surface area (TPSA) is 66.8 Å². The molecule has 2 unspecified atom stereocenters. The lowest BCUT2D eigenvalue weighted by Crippen LogP contribution is -2.14. The maximum Gasteiger partial charge on any atom is 0.305 e. The summed E-state index contributed by atoms with van der Waals surface area (Å²) in [6.07, 6.45) is 4.90. The van der Waals surface area contributed by atoms with E-state index in [2.05, 4.69) is 16.6 Å². The van der Waals surface area contributed by atoms with Crippen LogP contribution < -0.4 is 0 Å². The van der Waals surface area contributed by atoms with Gasteiger partial charge in [-0.05, 0) is 39.0 Å². The lowest BCUT2D eigenvalue weighted by atomic mass is 10.1. The van der Waals surface area contributed by atoms with E-state index in [1.54, 1.807) is 6.92 Å². The monoisotopic (exact) mass is 270 g/mol. The molecule has 0 aliphatic carbocycles. The van der Waals surface area contributed by atoms with Gasteiger partial charge in [0.05, 0.1) is 19.3 Å². The van der Waals surface area contributed by atoms with Crippen molar-refractivity contribution in [3.63, 3.8) is 0 Å². The summed E-state index contributed by atoms with van der Waals surface area (Å²) < 4.78 is 4.53. The normalized spacial score (nSPS) is 13.3. The van der Waals surface area contributed by atoms with E-state index < -0.39 is 12.2 Å². The summed E-state index contributed by atoms with van der Waals surface area (Å²) in [6, 6.07) is 0. The number of methoxy groups -OCH3 is 1. The quantitative estimate of drug-likeness (QED) is 0.382. The Morgan fingerprint density at radius 3 is 2.37 bits per heavy atom. The van der Waals surface area contributed by atoms with Gasteiger partial charge in [-0.3, -0.25) is 4.79 Å². The highest BCUT2D eigenvalue weighted by atomic mass is 16.5. The molecule has 0 spiro atoms. The smallest absolute Gasteiger partial charge is 0.305 e. The van der Waals surface area contributed by atoms with Crippen molar-refractivity contribution in [2.75, 3.05) is 7.11 Å². The maximum atomic E-state index is 10.8. The summed E-state index contributed by atoms with van der Waals surface area (Å²) in [5.41, 5.74) is 0. The number of hydrogen-bond acceptors (Lipinski definition) is 4. The van der Waals surface area contributed by atoms with Gasteiger partial charge >= 0.3 is 5.97 Å². The number of aliphatic hydroxyl groups is 2. The molecule has 0 fully saturated rings. The van der Waals surface area contributed by atoms with Gasteiger partial charge in [0.2, 0.25) is 0 Å². The predicted octanol–water partition coefficient (Wildman–Crippen LogP) is 2.03. The Bertz CT molecular complexity index is 288. The predicted molar refractivity (Wildman–Crippen MR) is 74.4 cm³/mol. The summed E-state index contributed by atoms with van der Waals surface area (Å²) in [5.74, 6) is 5.90. The van der Waals surface area contributed by atoms with Crippen molar-refractivity contribution >= 4 is 5.97 Å². The maximum absolute atomic E-state index is 10.8. The molecule has 0 rings (SSSR count). The Morgan fingerprint density at radius 2 is 1.79 bits per heavy atom. The van der Waals surface area contributed by atoms with Crippen molar-refractivity contribution in [3.8, 4) is 11.8 Å². The number of unbranched alkanes of at least 4 members (excludes halogenated alkanes) is 3. The molecule has 4 heteroatoms. The molecule has 0 saturated heterocycles. The van der Waals surface area contributed by atoms with E-state index in [9.17, 15) is 9.90 Å². The molecule has 2 N–H and O–H groups in total. The van der Waals surface area contributed by atoms with Crippen LogP contribution in [0.4, 0.5) is 0 Å². The van der Waals surface area contributed by atoms with Gasteiger partial charge in [-0.2, -0.15) is 0 Å². The summed E-state index contributed by atoms with van der Waals surface area (Å²) >= 11 is 0. The molecule has 0 bridgehead atoms. The molecular weight excluding hydrogens is 244 g/mol. The fourth-order valence-corrected chi connectivity index (χ4v) is 1.70. The molecule has 0 aromatic carbocycles. The number of esters is 1. The second kappa shape index (κ2) is 12.0. The molecule has 2 atom stereocenters. The van der Waals surface area contributed by atoms with Crippen molar-refractivity contribution < 1.29 is 19.7 Å². The van der Waals surface area contributed by atoms with E-state index in [1.807, 2.05) is 0 Å². The van der Waals surface area contributed by atoms with Crippen LogP contribution in [0.3, 0.4) is 0 Å². The molecule has 0 amide bonds. The second-order valence-corrected chi connectivity index (χ2v) is 4.77. The first-order valence-corrected chi connectivity index (χ1v) is 6.95. The Kier molecular flexibility index (Phi) is 11.3. The third-order valence-corrected chi connectivity index (χ3v) is 2.74. The van der Waals surface area contributed by atoms with Crippen LogP contribution >= 0.6 is 0 Å². The summed E-state index contributed by atoms with van der Waals surface area (Å²) in [6.45, 7) is 1.68. The lowest BCUT2D eigenvalue weighted by Gasteiger charge is -2.11. The first-order chi connectivity index (χ1) is 9.06. The van der Waals surface area contributed by atoms with Gasteiger partial charge in [0.1, 0.15) is 0 Å². The number of carbonyl (C=O) groups is 1. The van der Waals surface area contributed by atoms with Gasteiger partial charge in [0, 0.05) is 19.3 Å². The Hall–Kier alpha value is -1.05. The average molecular weight is 270 g/mol. The first kappa shape index (κ1) is 17.9. The molecule has 0 saturated carbocycles. The summed E-state index contributed by atoms with van der Waals surface area (Å²) in [7, 11) is 1.39. The van der Waals surface area contributed by atoms with Gasteiger partial charge < -0.3 is 14.9 Å². The fourth-order valence-electron chi connectivity index (χ4n) is 1.70. The molecule has 110 valence electrons. The number of aliphatic hydroxyl groups excluding tert-OH is 2. The fraction of sp³-hybridized carbons (Fsp3) is 0.800. The van der Waals surface area contributed by atoms with Crippen LogP contribution in [0, 0.1) is 11.8 Å². The van der Waals surface area contributed by atoms with Crippen LogP contribution in [0.15, 0.2) is 0 Å². The van der Waals surface area contributed by atoms with Crippen molar-refractivity contribution in [3.05, 3.63) is 0 Å². The molecule has 4 nitrogen and oxygen atoms in total. The standard InChI is InChI=1S/C15H26O4/c1-13(16)12-14(17)10-8-6-4-3-5-7-9-11-15(18)19-2/h13-14,16-17H,4,6-12H2,1-2H3. The van der Waals surface area contributed by atoms with Crippen LogP contribution in [0.5, 0.6) is 0 Å². The van der Waals surface area contributed by atoms with Crippen LogP contribution in [-0.4, -0.2) is 35.5 Å². The second-order valence-electron chi connectivity index (χ2n) is 4.77. The van der Waals surface area contributed by atoms with Crippen LogP contribution in [0.1, 0.15) is 58.3 Å². The van der Waals surface area contributed by atoms with Crippen molar-refractivity contribution in [2.45, 2.75) is 70.5 Å². The molecule has 0 heterocycles. The largest absolute Gasteiger partial charge is 0.469 e. The first-order valence-electron chi connectivity index (χ1n) is 6.95. The zero-order chi connectivity index (χ0) is 14.5. The number of rotatable bonds is 9. The van der Waals surface area contributed by atoms with Crippen molar-refractivity contribution in [1.82, 2.24) is 0 Å². The van der Waals surface area contributed by atoms with E-state index in [1.165, 1.54) is 7.11 Å². The van der Waals surface area contributed by atoms with E-state index >= 15 is 0 Å². The minimum absolute atomic E-state index is 0.186. The molecular formula is C15H26O4. The lowest BCUT2D eigenvalue weighted by molar-refractivity contribution is -0.140. The highest BCUT2D eigenvalue weighted by Gasteiger charge is 2.06. The van der Waals surface area contributed by atoms with E-state index in [4.69, 9.17) is 5.11 Å². The zero-order valence-electron chi connectivity index (χ0n) is 12.0. The Morgan fingerprint density at radius 1 is 1.16 bits per heavy atom. The van der Waals surface area contributed by atoms with Crippen molar-refractivity contribution in [1.29, 1.82) is 0 Å². The molecule has 0 aromatic heterocycles. The summed E-state index contributed by atoms with van der Waals surface area (Å²) in [4.78, 5) is 10.8. The molecule has 0 aromatic rings. The minimum Gasteiger partial charge on any atom is -0.469 e. The van der Waals surface area contributed by atoms with Crippen molar-refractivity contribution in [2.24, 2.45) is 0 Å². The Balaban J connectivity index is 3.37. The van der Waals surface area contributed by atoms with Crippen LogP contribution in [0.2, 0.25) is 0 Å². The number of carbonyl (C=O) groups excluding carboxylic acids is 1. The van der Waals surface area contributed by atoms with E-state index in [0.29, 0.717) is 12.8 Å². The highest BCUT2D eigenvalue weighted by Crippen LogP contribution is 2.08. The third-order valence-electron chi connectivity index (χ3n) is 2.74. The molecule has 0 radical (unpaired) electrons. The number of ether oxygens (including phenoxy) is 1.